The van der Waals surface area contributed by atoms with E-state index in [1.54, 1.807) is 30.1 Å². The summed E-state index contributed by atoms with van der Waals surface area (Å²) in [4.78, 5) is 14.0. The highest BCUT2D eigenvalue weighted by Gasteiger charge is 2.13. The topological polar surface area (TPSA) is 46.3 Å². The maximum absolute atomic E-state index is 12.3. The van der Waals surface area contributed by atoms with E-state index in [1.807, 2.05) is 24.3 Å². The molecule has 1 amide bonds. The van der Waals surface area contributed by atoms with E-state index in [4.69, 9.17) is 17.3 Å². The van der Waals surface area contributed by atoms with E-state index in [9.17, 15) is 4.79 Å². The molecule has 0 saturated heterocycles. The molecule has 2 aromatic rings. The first kappa shape index (κ1) is 14.9. The van der Waals surface area contributed by atoms with E-state index in [1.165, 1.54) is 0 Å². The molecule has 0 unspecified atom stereocenters. The van der Waals surface area contributed by atoms with Gasteiger partial charge in [-0.1, -0.05) is 23.7 Å². The molecule has 0 aliphatic heterocycles. The van der Waals surface area contributed by atoms with Crippen molar-refractivity contribution in [3.05, 3.63) is 63.1 Å². The lowest BCUT2D eigenvalue weighted by Crippen LogP contribution is -2.26. The summed E-state index contributed by atoms with van der Waals surface area (Å²) >= 11 is 9.32. The van der Waals surface area contributed by atoms with Crippen molar-refractivity contribution in [1.82, 2.24) is 4.90 Å². The van der Waals surface area contributed by atoms with Crippen molar-refractivity contribution < 1.29 is 4.79 Å². The second kappa shape index (κ2) is 6.29. The molecule has 0 radical (unpaired) electrons. The van der Waals surface area contributed by atoms with Crippen LogP contribution in [-0.4, -0.2) is 17.9 Å². The third-order valence-corrected chi connectivity index (χ3v) is 4.12. The van der Waals surface area contributed by atoms with Crippen LogP contribution in [-0.2, 0) is 6.54 Å². The van der Waals surface area contributed by atoms with E-state index in [2.05, 4.69) is 15.9 Å². The van der Waals surface area contributed by atoms with Crippen LogP contribution in [0, 0.1) is 0 Å². The molecule has 0 atom stereocenters. The minimum atomic E-state index is -0.0816. The normalized spacial score (nSPS) is 10.3. The molecule has 3 nitrogen and oxygen atoms in total. The van der Waals surface area contributed by atoms with Crippen LogP contribution in [0.15, 0.2) is 46.9 Å². The van der Waals surface area contributed by atoms with Crippen molar-refractivity contribution in [3.63, 3.8) is 0 Å². The average molecular weight is 354 g/mol. The van der Waals surface area contributed by atoms with Crippen LogP contribution in [0.1, 0.15) is 15.9 Å². The van der Waals surface area contributed by atoms with Gasteiger partial charge in [0.05, 0.1) is 5.02 Å². The molecule has 0 bridgehead atoms. The Morgan fingerprint density at radius 2 is 2.05 bits per heavy atom. The van der Waals surface area contributed by atoms with E-state index in [-0.39, 0.29) is 5.91 Å². The predicted molar refractivity (Wildman–Crippen MR) is 85.8 cm³/mol. The number of rotatable bonds is 3. The van der Waals surface area contributed by atoms with E-state index < -0.39 is 0 Å². The maximum Gasteiger partial charge on any atom is 0.253 e. The van der Waals surface area contributed by atoms with Crippen molar-refractivity contribution in [2.75, 3.05) is 12.8 Å². The summed E-state index contributed by atoms with van der Waals surface area (Å²) in [6.45, 7) is 0.498. The zero-order chi connectivity index (χ0) is 14.7. The number of hydrogen-bond acceptors (Lipinski definition) is 2. The van der Waals surface area contributed by atoms with Gasteiger partial charge in [-0.25, -0.2) is 0 Å². The highest BCUT2D eigenvalue weighted by molar-refractivity contribution is 9.10. The van der Waals surface area contributed by atoms with Crippen molar-refractivity contribution in [1.29, 1.82) is 0 Å². The monoisotopic (exact) mass is 352 g/mol. The zero-order valence-corrected chi connectivity index (χ0v) is 13.3. The Kier molecular flexibility index (Phi) is 4.68. The van der Waals surface area contributed by atoms with Gasteiger partial charge < -0.3 is 10.6 Å². The van der Waals surface area contributed by atoms with Gasteiger partial charge in [-0.05, 0) is 51.8 Å². The molecule has 20 heavy (non-hydrogen) atoms. The lowest BCUT2D eigenvalue weighted by Gasteiger charge is -2.18. The van der Waals surface area contributed by atoms with Crippen LogP contribution in [0.5, 0.6) is 0 Å². The molecule has 0 aliphatic rings. The number of benzene rings is 2. The molecule has 0 aromatic heterocycles. The summed E-state index contributed by atoms with van der Waals surface area (Å²) < 4.78 is 0.772. The quantitative estimate of drug-likeness (QED) is 0.849. The smallest absolute Gasteiger partial charge is 0.253 e. The Hall–Kier alpha value is -1.52. The fourth-order valence-electron chi connectivity index (χ4n) is 1.89. The van der Waals surface area contributed by atoms with Gasteiger partial charge in [-0.3, -0.25) is 4.79 Å². The van der Waals surface area contributed by atoms with E-state index in [0.717, 1.165) is 10.0 Å². The highest BCUT2D eigenvalue weighted by Crippen LogP contribution is 2.24. The van der Waals surface area contributed by atoms with Crippen molar-refractivity contribution in [2.45, 2.75) is 6.54 Å². The van der Waals surface area contributed by atoms with Crippen LogP contribution in [0.4, 0.5) is 5.69 Å². The van der Waals surface area contributed by atoms with E-state index in [0.29, 0.717) is 22.8 Å². The standard InChI is InChI=1S/C15H14BrClN2O/c1-19(9-10-3-2-4-12(18)7-10)15(20)11-5-6-13(16)14(17)8-11/h2-8H,9,18H2,1H3. The summed E-state index contributed by atoms with van der Waals surface area (Å²) in [5.74, 6) is -0.0816. The van der Waals surface area contributed by atoms with Gasteiger partial charge in [-0.2, -0.15) is 0 Å². The summed E-state index contributed by atoms with van der Waals surface area (Å²) in [5.41, 5.74) is 7.97. The van der Waals surface area contributed by atoms with E-state index >= 15 is 0 Å². The number of hydrogen-bond donors (Lipinski definition) is 1. The molecule has 104 valence electrons. The first-order valence-electron chi connectivity index (χ1n) is 6.02. The molecule has 0 fully saturated rings. The molecule has 2 aromatic carbocycles. The van der Waals surface area contributed by atoms with Crippen molar-refractivity contribution in [3.8, 4) is 0 Å². The average Bonchev–Trinajstić information content (AvgIpc) is 2.41. The number of halogens is 2. The third-order valence-electron chi connectivity index (χ3n) is 2.88. The first-order chi connectivity index (χ1) is 9.47. The molecule has 0 spiro atoms. The Balaban J connectivity index is 2.14. The molecule has 0 aliphatic carbocycles. The summed E-state index contributed by atoms with van der Waals surface area (Å²) in [7, 11) is 1.75. The Labute approximate surface area is 131 Å². The van der Waals surface area contributed by atoms with Crippen molar-refractivity contribution in [2.24, 2.45) is 0 Å². The summed E-state index contributed by atoms with van der Waals surface area (Å²) in [6.07, 6.45) is 0. The summed E-state index contributed by atoms with van der Waals surface area (Å²) in [6, 6.07) is 12.7. The predicted octanol–water partition coefficient (Wildman–Crippen LogP) is 3.96. The number of amides is 1. The molecular weight excluding hydrogens is 340 g/mol. The number of nitrogens with zero attached hydrogens (tertiary/aromatic N) is 1. The van der Waals surface area contributed by atoms with Gasteiger partial charge in [-0.15, -0.1) is 0 Å². The molecule has 2 rings (SSSR count). The van der Waals surface area contributed by atoms with Crippen LogP contribution in [0.2, 0.25) is 5.02 Å². The highest BCUT2D eigenvalue weighted by atomic mass is 79.9. The minimum absolute atomic E-state index is 0.0816. The molecule has 0 saturated carbocycles. The first-order valence-corrected chi connectivity index (χ1v) is 7.19. The van der Waals surface area contributed by atoms with Crippen LogP contribution < -0.4 is 5.73 Å². The Morgan fingerprint density at radius 1 is 1.30 bits per heavy atom. The number of nitrogen functional groups attached to an aromatic ring is 1. The number of carbonyl (C=O) groups is 1. The SMILES string of the molecule is CN(Cc1cccc(N)c1)C(=O)c1ccc(Br)c(Cl)c1. The molecular formula is C15H14BrClN2O. The number of carbonyl (C=O) groups excluding carboxylic acids is 1. The van der Waals surface area contributed by atoms with Gasteiger partial charge in [0.2, 0.25) is 0 Å². The fraction of sp³-hybridized carbons (Fsp3) is 0.133. The minimum Gasteiger partial charge on any atom is -0.399 e. The fourth-order valence-corrected chi connectivity index (χ4v) is 2.31. The van der Waals surface area contributed by atoms with Crippen molar-refractivity contribution >= 4 is 39.1 Å². The van der Waals surface area contributed by atoms with Gasteiger partial charge in [0.25, 0.3) is 5.91 Å². The number of nitrogens with two attached hydrogens (primary N) is 1. The second-order valence-corrected chi connectivity index (χ2v) is 5.80. The summed E-state index contributed by atoms with van der Waals surface area (Å²) in [5, 5.41) is 0.521. The second-order valence-electron chi connectivity index (χ2n) is 4.54. The Morgan fingerprint density at radius 3 is 2.70 bits per heavy atom. The van der Waals surface area contributed by atoms with Crippen LogP contribution in [0.3, 0.4) is 0 Å². The lowest BCUT2D eigenvalue weighted by atomic mass is 10.1. The number of anilines is 1. The lowest BCUT2D eigenvalue weighted by molar-refractivity contribution is 0.0785. The molecule has 5 heteroatoms. The van der Waals surface area contributed by atoms with Gasteiger partial charge >= 0.3 is 0 Å². The Bertz CT molecular complexity index is 646. The maximum atomic E-state index is 12.3. The zero-order valence-electron chi connectivity index (χ0n) is 10.9. The third kappa shape index (κ3) is 3.52. The van der Waals surface area contributed by atoms with Crippen LogP contribution in [0.25, 0.3) is 0 Å². The van der Waals surface area contributed by atoms with Gasteiger partial charge in [0.15, 0.2) is 0 Å². The van der Waals surface area contributed by atoms with Gasteiger partial charge in [0, 0.05) is 29.3 Å². The molecule has 0 heterocycles. The van der Waals surface area contributed by atoms with Gasteiger partial charge in [0.1, 0.15) is 0 Å². The van der Waals surface area contributed by atoms with Crippen LogP contribution >= 0.6 is 27.5 Å². The molecule has 2 N–H and O–H groups in total. The largest absolute Gasteiger partial charge is 0.399 e.